The van der Waals surface area contributed by atoms with Gasteiger partial charge >= 0.3 is 5.97 Å². The van der Waals surface area contributed by atoms with Crippen LogP contribution in [0.1, 0.15) is 83.8 Å². The lowest BCUT2D eigenvalue weighted by molar-refractivity contribution is -0.401. The number of unbranched alkanes of at least 4 members (excludes halogenated alkanes) is 2. The van der Waals surface area contributed by atoms with Crippen LogP contribution >= 0.6 is 11.6 Å². The molecular weight excluding hydrogens is 650 g/mol. The molecule has 0 amide bonds. The molecule has 6 rings (SSSR count). The van der Waals surface area contributed by atoms with Crippen molar-refractivity contribution in [3.63, 3.8) is 0 Å². The Labute approximate surface area is 310 Å². The molecule has 0 spiro atoms. The summed E-state index contributed by atoms with van der Waals surface area (Å²) in [6.45, 7) is 10.1. The van der Waals surface area contributed by atoms with Crippen molar-refractivity contribution in [3.05, 3.63) is 124 Å². The SMILES string of the molecule is CN(C)c1ccc2c(c1)C(C)(C)C(/C=C/C1=C(Cl)C(C=C=C3N(CCCCCC(=O)Oc4ccccc4)c4ccccc4C3(C)C)CCC1)=[N+]2C. The molecule has 0 bridgehead atoms. The van der Waals surface area contributed by atoms with E-state index in [0.717, 1.165) is 50.1 Å². The Hall–Kier alpha value is -4.31. The lowest BCUT2D eigenvalue weighted by Gasteiger charge is -2.26. The minimum absolute atomic E-state index is 0.115. The van der Waals surface area contributed by atoms with Crippen molar-refractivity contribution < 1.29 is 14.1 Å². The summed E-state index contributed by atoms with van der Waals surface area (Å²) in [4.78, 5) is 17.0. The van der Waals surface area contributed by atoms with Gasteiger partial charge in [-0.05, 0) is 107 Å². The van der Waals surface area contributed by atoms with Gasteiger partial charge in [0.15, 0.2) is 5.71 Å². The van der Waals surface area contributed by atoms with Gasteiger partial charge < -0.3 is 14.5 Å². The summed E-state index contributed by atoms with van der Waals surface area (Å²) < 4.78 is 7.81. The van der Waals surface area contributed by atoms with Crippen LogP contribution in [0.4, 0.5) is 17.1 Å². The molecule has 266 valence electrons. The number of hydrogen-bond donors (Lipinski definition) is 0. The Morgan fingerprint density at radius 1 is 0.961 bits per heavy atom. The Bertz CT molecular complexity index is 1940. The highest BCUT2D eigenvalue weighted by Gasteiger charge is 2.43. The van der Waals surface area contributed by atoms with Crippen LogP contribution in [0.5, 0.6) is 5.75 Å². The first kappa shape index (κ1) is 36.5. The Kier molecular flexibility index (Phi) is 10.8. The average Bonchev–Trinajstić information content (AvgIpc) is 3.44. The van der Waals surface area contributed by atoms with Crippen molar-refractivity contribution in [1.29, 1.82) is 0 Å². The molecule has 3 aliphatic rings. The molecule has 2 heterocycles. The summed E-state index contributed by atoms with van der Waals surface area (Å²) in [6, 6.07) is 24.8. The van der Waals surface area contributed by atoms with Gasteiger partial charge in [-0.25, -0.2) is 0 Å². The highest BCUT2D eigenvalue weighted by molar-refractivity contribution is 6.30. The molecule has 0 N–H and O–H groups in total. The second kappa shape index (κ2) is 15.1. The van der Waals surface area contributed by atoms with Crippen LogP contribution in [-0.2, 0) is 15.6 Å². The van der Waals surface area contributed by atoms with Gasteiger partial charge in [0.2, 0.25) is 5.69 Å². The fraction of sp³-hybridized carbons (Fsp3) is 0.400. The molecule has 3 aromatic rings. The predicted molar refractivity (Wildman–Crippen MR) is 213 cm³/mol. The van der Waals surface area contributed by atoms with Crippen LogP contribution < -0.4 is 14.5 Å². The summed E-state index contributed by atoms with van der Waals surface area (Å²) in [5.41, 5.74) is 13.6. The number of hydrogen-bond acceptors (Lipinski definition) is 4. The van der Waals surface area contributed by atoms with Crippen LogP contribution in [0.3, 0.4) is 0 Å². The molecule has 1 aliphatic carbocycles. The maximum absolute atomic E-state index is 12.4. The molecule has 3 aromatic carbocycles. The minimum Gasteiger partial charge on any atom is -0.427 e. The van der Waals surface area contributed by atoms with Crippen molar-refractivity contribution in [2.45, 2.75) is 83.5 Å². The first-order chi connectivity index (χ1) is 24.4. The van der Waals surface area contributed by atoms with Gasteiger partial charge in [0.25, 0.3) is 0 Å². The van der Waals surface area contributed by atoms with E-state index in [-0.39, 0.29) is 22.7 Å². The van der Waals surface area contributed by atoms with Crippen LogP contribution in [0, 0.1) is 5.92 Å². The van der Waals surface area contributed by atoms with E-state index in [1.54, 1.807) is 0 Å². The van der Waals surface area contributed by atoms with E-state index in [0.29, 0.717) is 12.2 Å². The summed E-state index contributed by atoms with van der Waals surface area (Å²) in [5, 5.41) is 0.930. The molecule has 0 radical (unpaired) electrons. The molecule has 51 heavy (non-hydrogen) atoms. The maximum Gasteiger partial charge on any atom is 0.311 e. The van der Waals surface area contributed by atoms with E-state index in [1.165, 1.54) is 45.2 Å². The monoisotopic (exact) mass is 702 g/mol. The molecule has 0 fully saturated rings. The van der Waals surface area contributed by atoms with Crippen LogP contribution in [-0.4, -0.2) is 43.9 Å². The largest absolute Gasteiger partial charge is 0.427 e. The zero-order valence-electron chi connectivity index (χ0n) is 31.4. The first-order valence-electron chi connectivity index (χ1n) is 18.5. The first-order valence-corrected chi connectivity index (χ1v) is 18.9. The number of carbonyl (C=O) groups excluding carboxylic acids is 1. The Morgan fingerprint density at radius 3 is 2.47 bits per heavy atom. The van der Waals surface area contributed by atoms with Gasteiger partial charge in [-0.2, -0.15) is 4.58 Å². The van der Waals surface area contributed by atoms with E-state index >= 15 is 0 Å². The second-order valence-electron chi connectivity index (χ2n) is 15.4. The molecule has 2 aliphatic heterocycles. The van der Waals surface area contributed by atoms with Gasteiger partial charge in [0.1, 0.15) is 12.8 Å². The van der Waals surface area contributed by atoms with Crippen molar-refractivity contribution in [2.24, 2.45) is 5.92 Å². The third-order valence-electron chi connectivity index (χ3n) is 11.0. The summed E-state index contributed by atoms with van der Waals surface area (Å²) in [5.74, 6) is 0.555. The number of nitrogens with zero attached hydrogens (tertiary/aromatic N) is 3. The van der Waals surface area contributed by atoms with Crippen LogP contribution in [0.15, 0.2) is 113 Å². The highest BCUT2D eigenvalue weighted by Crippen LogP contribution is 2.48. The van der Waals surface area contributed by atoms with E-state index in [1.807, 2.05) is 30.3 Å². The molecule has 0 saturated carbocycles. The topological polar surface area (TPSA) is 35.8 Å². The molecule has 6 heteroatoms. The number of ether oxygens (including phenoxy) is 1. The van der Waals surface area contributed by atoms with Crippen LogP contribution in [0.2, 0.25) is 0 Å². The Balaban J connectivity index is 1.18. The number of benzene rings is 3. The van der Waals surface area contributed by atoms with E-state index in [9.17, 15) is 4.79 Å². The van der Waals surface area contributed by atoms with Crippen LogP contribution in [0.25, 0.3) is 0 Å². The fourth-order valence-corrected chi connectivity index (χ4v) is 8.31. The summed E-state index contributed by atoms with van der Waals surface area (Å²) in [6.07, 6.45) is 13.0. The van der Waals surface area contributed by atoms with Gasteiger partial charge in [0.05, 0.1) is 11.1 Å². The second-order valence-corrected chi connectivity index (χ2v) is 15.8. The fourth-order valence-electron chi connectivity index (χ4n) is 7.98. The van der Waals surface area contributed by atoms with Gasteiger partial charge in [-0.15, -0.1) is 5.73 Å². The van der Waals surface area contributed by atoms with Gasteiger partial charge in [-0.3, -0.25) is 4.79 Å². The molecule has 0 aromatic heterocycles. The predicted octanol–water partition coefficient (Wildman–Crippen LogP) is 10.6. The average molecular weight is 703 g/mol. The maximum atomic E-state index is 12.4. The lowest BCUT2D eigenvalue weighted by atomic mass is 9.80. The molecule has 5 nitrogen and oxygen atoms in total. The van der Waals surface area contributed by atoms with E-state index in [4.69, 9.17) is 16.3 Å². The highest BCUT2D eigenvalue weighted by atomic mass is 35.5. The quantitative estimate of drug-likeness (QED) is 0.0655. The number of para-hydroxylation sites is 2. The van der Waals surface area contributed by atoms with Crippen molar-refractivity contribution in [2.75, 3.05) is 37.5 Å². The van der Waals surface area contributed by atoms with Crippen molar-refractivity contribution in [3.8, 4) is 5.75 Å². The molecule has 1 unspecified atom stereocenters. The third kappa shape index (κ3) is 7.52. The summed E-state index contributed by atoms with van der Waals surface area (Å²) >= 11 is 7.23. The lowest BCUT2D eigenvalue weighted by Crippen LogP contribution is -2.27. The van der Waals surface area contributed by atoms with E-state index in [2.05, 4.69) is 130 Å². The normalized spacial score (nSPS) is 18.9. The molecule has 0 saturated heterocycles. The van der Waals surface area contributed by atoms with Crippen molar-refractivity contribution in [1.82, 2.24) is 0 Å². The zero-order valence-corrected chi connectivity index (χ0v) is 32.2. The van der Waals surface area contributed by atoms with Gasteiger partial charge in [0, 0.05) is 72.5 Å². The number of rotatable bonds is 11. The number of anilines is 2. The third-order valence-corrected chi connectivity index (χ3v) is 11.5. The minimum atomic E-state index is -0.184. The number of halogens is 1. The summed E-state index contributed by atoms with van der Waals surface area (Å²) in [7, 11) is 6.36. The number of carbonyl (C=O) groups is 1. The molecular formula is C45H53ClN3O2+. The standard InChI is InChI=1S/C45H53ClN3O2/c1-44(2)36-21-13-14-22-39(36)49(30-15-9-12-23-42(50)51-35-19-10-8-11-20-35)41(44)29-25-33-18-16-17-32(43(33)46)24-28-40-45(3,4)37-31-34(47(5)6)26-27-38(37)48(40)7/h8,10-11,13-14,19-22,24-28,31,33H,9,12,15-18,23,30H2,1-7H3/q+1/b28-24+. The number of esters is 1. The van der Waals surface area contributed by atoms with Crippen molar-refractivity contribution >= 4 is 40.3 Å². The zero-order chi connectivity index (χ0) is 36.3. The van der Waals surface area contributed by atoms with E-state index < -0.39 is 0 Å². The Morgan fingerprint density at radius 2 is 1.71 bits per heavy atom. The number of fused-ring (bicyclic) bond motifs is 2. The van der Waals surface area contributed by atoms with Gasteiger partial charge in [-0.1, -0.05) is 60.5 Å². The molecule has 1 atom stereocenters. The smallest absolute Gasteiger partial charge is 0.311 e. The number of allylic oxidation sites excluding steroid dienone is 5.